The van der Waals surface area contributed by atoms with E-state index in [1.807, 2.05) is 0 Å². The zero-order valence-electron chi connectivity index (χ0n) is 18.5. The van der Waals surface area contributed by atoms with E-state index in [2.05, 4.69) is 12.7 Å². The van der Waals surface area contributed by atoms with Gasteiger partial charge in [-0.25, -0.2) is 0 Å². The number of esters is 1. The van der Waals surface area contributed by atoms with Gasteiger partial charge in [-0.05, 0) is 93.1 Å². The summed E-state index contributed by atoms with van der Waals surface area (Å²) in [5, 5.41) is 0. The number of fused-ring (bicyclic) bond motifs is 1. The smallest absolute Gasteiger partial charge is 0.314 e. The zero-order valence-corrected chi connectivity index (χ0v) is 18.5. The largest absolute Gasteiger partial charge is 0.494 e. The highest BCUT2D eigenvalue weighted by atomic mass is 19.2. The topological polar surface area (TPSA) is 35.5 Å². The molecule has 1 aromatic rings. The summed E-state index contributed by atoms with van der Waals surface area (Å²) in [4.78, 5) is 12.9. The Morgan fingerprint density at radius 1 is 0.935 bits per heavy atom. The molecule has 0 aromatic heterocycles. The van der Waals surface area contributed by atoms with Gasteiger partial charge in [0, 0.05) is 0 Å². The molecule has 4 atom stereocenters. The maximum atomic E-state index is 14.3. The lowest BCUT2D eigenvalue weighted by Crippen LogP contribution is -2.40. The van der Waals surface area contributed by atoms with Gasteiger partial charge in [-0.3, -0.25) is 4.79 Å². The van der Waals surface area contributed by atoms with E-state index in [0.717, 1.165) is 31.1 Å². The molecule has 1 aromatic carbocycles. The molecule has 0 bridgehead atoms. The van der Waals surface area contributed by atoms with E-state index in [0.29, 0.717) is 17.8 Å². The van der Waals surface area contributed by atoms with Crippen molar-refractivity contribution in [2.24, 2.45) is 35.5 Å². The van der Waals surface area contributed by atoms with Gasteiger partial charge in [0.25, 0.3) is 0 Å². The number of ether oxygens (including phenoxy) is 2. The van der Waals surface area contributed by atoms with Crippen LogP contribution in [-0.4, -0.2) is 13.1 Å². The Kier molecular flexibility index (Phi) is 6.98. The first kappa shape index (κ1) is 22.3. The van der Waals surface area contributed by atoms with Crippen LogP contribution in [0.25, 0.3) is 0 Å². The van der Waals surface area contributed by atoms with Crippen molar-refractivity contribution in [2.45, 2.75) is 64.2 Å². The van der Waals surface area contributed by atoms with Crippen molar-refractivity contribution in [2.75, 3.05) is 7.11 Å². The molecule has 0 aliphatic heterocycles. The van der Waals surface area contributed by atoms with Crippen LogP contribution in [0.2, 0.25) is 0 Å². The van der Waals surface area contributed by atoms with Crippen LogP contribution in [0, 0.1) is 47.1 Å². The Morgan fingerprint density at radius 3 is 2.32 bits per heavy atom. The molecule has 4 rings (SSSR count). The first-order chi connectivity index (χ1) is 15.0. The molecule has 3 fully saturated rings. The maximum absolute atomic E-state index is 14.3. The molecule has 5 heteroatoms. The Bertz CT molecular complexity index is 800. The van der Waals surface area contributed by atoms with Crippen LogP contribution in [0.4, 0.5) is 8.78 Å². The highest BCUT2D eigenvalue weighted by Gasteiger charge is 2.43. The predicted molar refractivity (Wildman–Crippen MR) is 116 cm³/mol. The molecular weight excluding hydrogens is 398 g/mol. The molecule has 0 saturated heterocycles. The van der Waals surface area contributed by atoms with Gasteiger partial charge in [-0.1, -0.05) is 18.9 Å². The number of benzene rings is 1. The minimum absolute atomic E-state index is 0.199. The van der Waals surface area contributed by atoms with Crippen LogP contribution >= 0.6 is 0 Å². The standard InChI is InChI=1S/C26H34F2O3/c1-3-16-7-9-17(10-8-16)18-11-12-20-19(15-18)5-4-6-21(20)26(29)31-23-14-13-22(30-2)24(27)25(23)28/h3,13-14,16-21H,1,4-12,15H2,2H3. The molecular formula is C26H34F2O3. The summed E-state index contributed by atoms with van der Waals surface area (Å²) >= 11 is 0. The lowest BCUT2D eigenvalue weighted by atomic mass is 9.59. The van der Waals surface area contributed by atoms with Crippen molar-refractivity contribution < 1.29 is 23.0 Å². The maximum Gasteiger partial charge on any atom is 0.314 e. The Labute approximate surface area is 184 Å². The van der Waals surface area contributed by atoms with Gasteiger partial charge in [-0.15, -0.1) is 6.58 Å². The summed E-state index contributed by atoms with van der Waals surface area (Å²) in [6.07, 6.45) is 13.6. The average Bonchev–Trinajstić information content (AvgIpc) is 2.81. The lowest BCUT2D eigenvalue weighted by Gasteiger charge is -2.45. The third-order valence-corrected chi connectivity index (χ3v) is 8.25. The van der Waals surface area contributed by atoms with Gasteiger partial charge in [0.15, 0.2) is 11.5 Å². The molecule has 0 spiro atoms. The third-order valence-electron chi connectivity index (χ3n) is 8.25. The average molecular weight is 433 g/mol. The normalized spacial score (nSPS) is 33.3. The molecule has 3 aliphatic rings. The van der Waals surface area contributed by atoms with Gasteiger partial charge in [0.05, 0.1) is 13.0 Å². The molecule has 31 heavy (non-hydrogen) atoms. The number of hydrogen-bond acceptors (Lipinski definition) is 3. The number of hydrogen-bond donors (Lipinski definition) is 0. The second-order valence-corrected chi connectivity index (χ2v) is 9.76. The minimum Gasteiger partial charge on any atom is -0.494 e. The quantitative estimate of drug-likeness (QED) is 0.295. The fourth-order valence-corrected chi connectivity index (χ4v) is 6.51. The molecule has 0 N–H and O–H groups in total. The molecule has 0 radical (unpaired) electrons. The fraction of sp³-hybridized carbons (Fsp3) is 0.654. The Balaban J connectivity index is 1.38. The number of halogens is 2. The second kappa shape index (κ2) is 9.70. The molecule has 170 valence electrons. The van der Waals surface area contributed by atoms with Crippen LogP contribution in [-0.2, 0) is 4.79 Å². The fourth-order valence-electron chi connectivity index (χ4n) is 6.51. The summed E-state index contributed by atoms with van der Waals surface area (Å²) in [7, 11) is 1.27. The number of carbonyl (C=O) groups is 1. The number of methoxy groups -OCH3 is 1. The van der Waals surface area contributed by atoms with Gasteiger partial charge >= 0.3 is 5.97 Å². The van der Waals surface area contributed by atoms with Crippen molar-refractivity contribution in [3.05, 3.63) is 36.4 Å². The molecule has 0 amide bonds. The second-order valence-electron chi connectivity index (χ2n) is 9.76. The predicted octanol–water partition coefficient (Wildman–Crippen LogP) is 6.70. The zero-order chi connectivity index (χ0) is 22.0. The summed E-state index contributed by atoms with van der Waals surface area (Å²) in [5.74, 6) is -0.384. The summed E-state index contributed by atoms with van der Waals surface area (Å²) in [6, 6.07) is 2.56. The van der Waals surface area contributed by atoms with Crippen LogP contribution in [0.1, 0.15) is 64.2 Å². The lowest BCUT2D eigenvalue weighted by molar-refractivity contribution is -0.144. The van der Waals surface area contributed by atoms with Gasteiger partial charge < -0.3 is 9.47 Å². The highest BCUT2D eigenvalue weighted by Crippen LogP contribution is 2.50. The van der Waals surface area contributed by atoms with E-state index in [4.69, 9.17) is 9.47 Å². The van der Waals surface area contributed by atoms with E-state index in [-0.39, 0.29) is 17.4 Å². The van der Waals surface area contributed by atoms with Crippen LogP contribution < -0.4 is 9.47 Å². The van der Waals surface area contributed by atoms with E-state index >= 15 is 0 Å². The van der Waals surface area contributed by atoms with E-state index < -0.39 is 17.6 Å². The Hall–Kier alpha value is -1.91. The Morgan fingerprint density at radius 2 is 1.61 bits per heavy atom. The summed E-state index contributed by atoms with van der Waals surface area (Å²) in [5.41, 5.74) is 0. The number of carbonyl (C=O) groups excluding carboxylic acids is 1. The van der Waals surface area contributed by atoms with Crippen molar-refractivity contribution in [1.82, 2.24) is 0 Å². The van der Waals surface area contributed by atoms with E-state index in [9.17, 15) is 13.6 Å². The van der Waals surface area contributed by atoms with Gasteiger partial charge in [0.1, 0.15) is 0 Å². The molecule has 3 aliphatic carbocycles. The SMILES string of the molecule is C=CC1CCC(C2CCC3C(CCCC3C(=O)Oc3ccc(OC)c(F)c3F)C2)CC1. The summed E-state index contributed by atoms with van der Waals surface area (Å²) in [6.45, 7) is 3.96. The van der Waals surface area contributed by atoms with Crippen LogP contribution in [0.5, 0.6) is 11.5 Å². The number of allylic oxidation sites excluding steroid dienone is 1. The van der Waals surface area contributed by atoms with Crippen LogP contribution in [0.3, 0.4) is 0 Å². The minimum atomic E-state index is -1.17. The molecule has 4 unspecified atom stereocenters. The van der Waals surface area contributed by atoms with Crippen molar-refractivity contribution in [3.63, 3.8) is 0 Å². The van der Waals surface area contributed by atoms with Crippen molar-refractivity contribution in [3.8, 4) is 11.5 Å². The first-order valence-corrected chi connectivity index (χ1v) is 11.9. The van der Waals surface area contributed by atoms with E-state index in [1.165, 1.54) is 64.2 Å². The van der Waals surface area contributed by atoms with Crippen molar-refractivity contribution >= 4 is 5.97 Å². The summed E-state index contributed by atoms with van der Waals surface area (Å²) < 4.78 is 38.4. The molecule has 0 heterocycles. The van der Waals surface area contributed by atoms with E-state index in [1.54, 1.807) is 0 Å². The van der Waals surface area contributed by atoms with Crippen LogP contribution in [0.15, 0.2) is 24.8 Å². The first-order valence-electron chi connectivity index (χ1n) is 11.9. The van der Waals surface area contributed by atoms with Crippen molar-refractivity contribution in [1.29, 1.82) is 0 Å². The van der Waals surface area contributed by atoms with Gasteiger partial charge in [-0.2, -0.15) is 8.78 Å². The third kappa shape index (κ3) is 4.65. The molecule has 3 saturated carbocycles. The monoisotopic (exact) mass is 432 g/mol. The van der Waals surface area contributed by atoms with Gasteiger partial charge in [0.2, 0.25) is 11.6 Å². The highest BCUT2D eigenvalue weighted by molar-refractivity contribution is 5.75. The number of rotatable bonds is 5. The molecule has 3 nitrogen and oxygen atoms in total.